The van der Waals surface area contributed by atoms with Gasteiger partial charge in [0.15, 0.2) is 0 Å². The van der Waals surface area contributed by atoms with E-state index in [-0.39, 0.29) is 10.8 Å². The Morgan fingerprint density at radius 2 is 1.95 bits per heavy atom. The van der Waals surface area contributed by atoms with Gasteiger partial charge in [-0.15, -0.1) is 11.3 Å². The fourth-order valence-corrected chi connectivity index (χ4v) is 4.21. The molecule has 0 bridgehead atoms. The molecule has 116 valence electrons. The van der Waals surface area contributed by atoms with Crippen molar-refractivity contribution in [1.82, 2.24) is 4.72 Å². The Morgan fingerprint density at radius 3 is 2.55 bits per heavy atom. The first-order chi connectivity index (χ1) is 9.45. The number of sulfonamides is 1. The molecular formula is C14H25NO3S2. The lowest BCUT2D eigenvalue weighted by molar-refractivity contribution is 0.282. The highest BCUT2D eigenvalue weighted by Crippen LogP contribution is 2.20. The zero-order chi connectivity index (χ0) is 15.0. The van der Waals surface area contributed by atoms with Gasteiger partial charge < -0.3 is 5.11 Å². The van der Waals surface area contributed by atoms with Gasteiger partial charge in [0.05, 0.1) is 6.61 Å². The van der Waals surface area contributed by atoms with Crippen molar-refractivity contribution in [3.05, 3.63) is 17.0 Å². The SMILES string of the molecule is CC(C)CCCCCCNS(=O)(=O)c1cc(CO)cs1. The van der Waals surface area contributed by atoms with E-state index in [2.05, 4.69) is 18.6 Å². The molecule has 0 radical (unpaired) electrons. The summed E-state index contributed by atoms with van der Waals surface area (Å²) in [6.07, 6.45) is 5.55. The number of rotatable bonds is 10. The number of thiophene rings is 1. The van der Waals surface area contributed by atoms with Crippen LogP contribution in [0.15, 0.2) is 15.7 Å². The van der Waals surface area contributed by atoms with E-state index < -0.39 is 10.0 Å². The first-order valence-electron chi connectivity index (χ1n) is 7.13. The summed E-state index contributed by atoms with van der Waals surface area (Å²) < 4.78 is 26.8. The topological polar surface area (TPSA) is 66.4 Å². The number of aliphatic hydroxyl groups excluding tert-OH is 1. The summed E-state index contributed by atoms with van der Waals surface area (Å²) in [7, 11) is -3.40. The zero-order valence-electron chi connectivity index (χ0n) is 12.3. The second-order valence-corrected chi connectivity index (χ2v) is 8.33. The van der Waals surface area contributed by atoms with Gasteiger partial charge in [0.1, 0.15) is 4.21 Å². The van der Waals surface area contributed by atoms with Crippen molar-refractivity contribution >= 4 is 21.4 Å². The quantitative estimate of drug-likeness (QED) is 0.651. The summed E-state index contributed by atoms with van der Waals surface area (Å²) in [4.78, 5) is 0. The first kappa shape index (κ1) is 17.6. The second kappa shape index (κ2) is 8.77. The Morgan fingerprint density at radius 1 is 1.25 bits per heavy atom. The van der Waals surface area contributed by atoms with Gasteiger partial charge in [-0.3, -0.25) is 0 Å². The molecule has 0 atom stereocenters. The summed E-state index contributed by atoms with van der Waals surface area (Å²) in [6.45, 7) is 4.80. The predicted molar refractivity (Wildman–Crippen MR) is 83.4 cm³/mol. The van der Waals surface area contributed by atoms with Crippen LogP contribution in [0.2, 0.25) is 0 Å². The van der Waals surface area contributed by atoms with Crippen molar-refractivity contribution < 1.29 is 13.5 Å². The molecule has 0 aliphatic rings. The van der Waals surface area contributed by atoms with Crippen molar-refractivity contribution in [3.63, 3.8) is 0 Å². The van der Waals surface area contributed by atoms with Crippen LogP contribution in [0, 0.1) is 5.92 Å². The molecule has 1 rings (SSSR count). The number of nitrogens with one attached hydrogen (secondary N) is 1. The number of aliphatic hydroxyl groups is 1. The van der Waals surface area contributed by atoms with Crippen molar-refractivity contribution in [1.29, 1.82) is 0 Å². The lowest BCUT2D eigenvalue weighted by Crippen LogP contribution is -2.24. The smallest absolute Gasteiger partial charge is 0.250 e. The number of hydrogen-bond donors (Lipinski definition) is 2. The lowest BCUT2D eigenvalue weighted by atomic mass is 10.0. The van der Waals surface area contributed by atoms with Gasteiger partial charge in [-0.25, -0.2) is 13.1 Å². The molecule has 0 aliphatic heterocycles. The summed E-state index contributed by atoms with van der Waals surface area (Å²) in [5.41, 5.74) is 0.643. The molecular weight excluding hydrogens is 294 g/mol. The molecule has 4 nitrogen and oxygen atoms in total. The average Bonchev–Trinajstić information content (AvgIpc) is 2.86. The Hall–Kier alpha value is -0.430. The first-order valence-corrected chi connectivity index (χ1v) is 9.50. The van der Waals surface area contributed by atoms with Gasteiger partial charge in [0.25, 0.3) is 0 Å². The fourth-order valence-electron chi connectivity index (χ4n) is 1.89. The molecule has 0 unspecified atom stereocenters. The molecule has 0 amide bonds. The molecule has 2 N–H and O–H groups in total. The average molecular weight is 319 g/mol. The van der Waals surface area contributed by atoms with E-state index in [4.69, 9.17) is 5.11 Å². The van der Waals surface area contributed by atoms with Crippen molar-refractivity contribution in [2.75, 3.05) is 6.54 Å². The van der Waals surface area contributed by atoms with E-state index >= 15 is 0 Å². The van der Waals surface area contributed by atoms with E-state index in [1.165, 1.54) is 18.9 Å². The Bertz CT molecular complexity index is 480. The Balaban J connectivity index is 2.23. The van der Waals surface area contributed by atoms with Crippen LogP contribution in [0.25, 0.3) is 0 Å². The molecule has 1 heterocycles. The number of unbranched alkanes of at least 4 members (excludes halogenated alkanes) is 3. The fraction of sp³-hybridized carbons (Fsp3) is 0.714. The van der Waals surface area contributed by atoms with Gasteiger partial charge in [0, 0.05) is 6.54 Å². The zero-order valence-corrected chi connectivity index (χ0v) is 13.9. The van der Waals surface area contributed by atoms with Crippen LogP contribution in [0.5, 0.6) is 0 Å². The van der Waals surface area contributed by atoms with Gasteiger partial charge in [-0.05, 0) is 29.3 Å². The minimum absolute atomic E-state index is 0.123. The summed E-state index contributed by atoms with van der Waals surface area (Å²) in [5, 5.41) is 10.6. The highest BCUT2D eigenvalue weighted by atomic mass is 32.2. The van der Waals surface area contributed by atoms with E-state index in [1.54, 1.807) is 5.38 Å². The standard InChI is InChI=1S/C14H25NO3S2/c1-12(2)7-5-3-4-6-8-15-20(17,18)14-9-13(10-16)11-19-14/h9,11-12,15-16H,3-8,10H2,1-2H3. The summed E-state index contributed by atoms with van der Waals surface area (Å²) in [6, 6.07) is 1.52. The highest BCUT2D eigenvalue weighted by Gasteiger charge is 2.15. The third-order valence-corrected chi connectivity index (χ3v) is 6.03. The van der Waals surface area contributed by atoms with Gasteiger partial charge in [-0.1, -0.05) is 39.5 Å². The van der Waals surface area contributed by atoms with Crippen LogP contribution >= 0.6 is 11.3 Å². The molecule has 0 spiro atoms. The van der Waals surface area contributed by atoms with Crippen LogP contribution in [0.3, 0.4) is 0 Å². The van der Waals surface area contributed by atoms with Gasteiger partial charge >= 0.3 is 0 Å². The third-order valence-electron chi connectivity index (χ3n) is 3.08. The second-order valence-electron chi connectivity index (χ2n) is 5.43. The maximum atomic E-state index is 12.0. The highest BCUT2D eigenvalue weighted by molar-refractivity contribution is 7.91. The van der Waals surface area contributed by atoms with Crippen molar-refractivity contribution in [2.45, 2.75) is 56.8 Å². The normalized spacial score (nSPS) is 12.2. The molecule has 0 aliphatic carbocycles. The summed E-state index contributed by atoms with van der Waals surface area (Å²) >= 11 is 1.15. The van der Waals surface area contributed by atoms with Crippen LogP contribution in [-0.2, 0) is 16.6 Å². The van der Waals surface area contributed by atoms with E-state index in [0.717, 1.165) is 36.5 Å². The van der Waals surface area contributed by atoms with E-state index in [0.29, 0.717) is 12.1 Å². The number of hydrogen-bond acceptors (Lipinski definition) is 4. The van der Waals surface area contributed by atoms with Crippen LogP contribution in [-0.4, -0.2) is 20.1 Å². The van der Waals surface area contributed by atoms with Crippen molar-refractivity contribution in [3.8, 4) is 0 Å². The third kappa shape index (κ3) is 6.35. The largest absolute Gasteiger partial charge is 0.392 e. The van der Waals surface area contributed by atoms with Crippen molar-refractivity contribution in [2.24, 2.45) is 5.92 Å². The van der Waals surface area contributed by atoms with Gasteiger partial charge in [-0.2, -0.15) is 0 Å². The van der Waals surface area contributed by atoms with Crippen LogP contribution < -0.4 is 4.72 Å². The molecule has 20 heavy (non-hydrogen) atoms. The molecule has 6 heteroatoms. The predicted octanol–water partition coefficient (Wildman–Crippen LogP) is 3.13. The van der Waals surface area contributed by atoms with E-state index in [1.807, 2.05) is 0 Å². The molecule has 1 aromatic heterocycles. The maximum Gasteiger partial charge on any atom is 0.250 e. The maximum absolute atomic E-state index is 12.0. The Kier molecular flexibility index (Phi) is 7.72. The molecule has 1 aromatic rings. The molecule has 0 aromatic carbocycles. The molecule has 0 fully saturated rings. The monoisotopic (exact) mass is 319 g/mol. The van der Waals surface area contributed by atoms with E-state index in [9.17, 15) is 8.42 Å². The molecule has 0 saturated heterocycles. The minimum atomic E-state index is -3.40. The van der Waals surface area contributed by atoms with Crippen LogP contribution in [0.4, 0.5) is 0 Å². The summed E-state index contributed by atoms with van der Waals surface area (Å²) in [5.74, 6) is 0.744. The minimum Gasteiger partial charge on any atom is -0.392 e. The van der Waals surface area contributed by atoms with Crippen LogP contribution in [0.1, 0.15) is 51.5 Å². The Labute approximate surface area is 126 Å². The lowest BCUT2D eigenvalue weighted by Gasteiger charge is -2.06. The molecule has 0 saturated carbocycles. The van der Waals surface area contributed by atoms with Gasteiger partial charge in [0.2, 0.25) is 10.0 Å².